The Balaban J connectivity index is 1.72. The lowest BCUT2D eigenvalue weighted by Crippen LogP contribution is -2.49. The van der Waals surface area contributed by atoms with Crippen LogP contribution < -0.4 is 0 Å². The number of hydrogen-bond donors (Lipinski definition) is 0. The highest BCUT2D eigenvalue weighted by molar-refractivity contribution is 7.89. The van der Waals surface area contributed by atoms with Gasteiger partial charge in [-0.05, 0) is 44.4 Å². The van der Waals surface area contributed by atoms with Gasteiger partial charge in [0.1, 0.15) is 0 Å². The van der Waals surface area contributed by atoms with Crippen LogP contribution in [-0.2, 0) is 16.4 Å². The van der Waals surface area contributed by atoms with Crippen molar-refractivity contribution >= 4 is 10.0 Å². The Morgan fingerprint density at radius 3 is 2.52 bits per heavy atom. The molecule has 0 atom stereocenters. The third-order valence-electron chi connectivity index (χ3n) is 4.02. The van der Waals surface area contributed by atoms with E-state index in [1.807, 2.05) is 12.1 Å². The quantitative estimate of drug-likeness (QED) is 0.804. The van der Waals surface area contributed by atoms with E-state index in [2.05, 4.69) is 24.0 Å². The molecule has 1 heterocycles. The topological polar surface area (TPSA) is 40.6 Å². The molecule has 4 nitrogen and oxygen atoms in total. The van der Waals surface area contributed by atoms with Gasteiger partial charge in [0, 0.05) is 26.2 Å². The van der Waals surface area contributed by atoms with Gasteiger partial charge in [-0.3, -0.25) is 0 Å². The highest BCUT2D eigenvalue weighted by atomic mass is 32.2. The van der Waals surface area contributed by atoms with Crippen LogP contribution in [0.2, 0.25) is 0 Å². The molecule has 1 aliphatic heterocycles. The van der Waals surface area contributed by atoms with Gasteiger partial charge in [-0.25, -0.2) is 8.42 Å². The van der Waals surface area contributed by atoms with E-state index in [4.69, 9.17) is 0 Å². The highest BCUT2D eigenvalue weighted by Gasteiger charge is 2.24. The maximum Gasteiger partial charge on any atom is 0.213 e. The van der Waals surface area contributed by atoms with Gasteiger partial charge in [0.25, 0.3) is 0 Å². The van der Waals surface area contributed by atoms with Gasteiger partial charge >= 0.3 is 0 Å². The van der Waals surface area contributed by atoms with Crippen LogP contribution in [0.4, 0.5) is 0 Å². The smallest absolute Gasteiger partial charge is 0.213 e. The van der Waals surface area contributed by atoms with Crippen molar-refractivity contribution in [3.8, 4) is 0 Å². The molecule has 1 radical (unpaired) electrons. The third kappa shape index (κ3) is 4.80. The van der Waals surface area contributed by atoms with Crippen LogP contribution in [0.15, 0.2) is 24.3 Å². The molecule has 1 aliphatic rings. The highest BCUT2D eigenvalue weighted by Crippen LogP contribution is 2.10. The summed E-state index contributed by atoms with van der Waals surface area (Å²) in [6.07, 6.45) is 2.15. The Hall–Kier alpha value is -0.910. The molecule has 0 aromatic heterocycles. The normalized spacial score (nSPS) is 18.0. The number of piperazine rings is 1. The Kier molecular flexibility index (Phi) is 5.79. The maximum atomic E-state index is 11.8. The largest absolute Gasteiger partial charge is 0.301 e. The number of benzene rings is 1. The van der Waals surface area contributed by atoms with Crippen molar-refractivity contribution in [2.75, 3.05) is 38.5 Å². The molecule has 0 bridgehead atoms. The van der Waals surface area contributed by atoms with Crippen molar-refractivity contribution in [3.05, 3.63) is 42.3 Å². The maximum absolute atomic E-state index is 11.8. The molecule has 0 saturated carbocycles. The van der Waals surface area contributed by atoms with Crippen LogP contribution in [0.3, 0.4) is 0 Å². The fourth-order valence-electron chi connectivity index (χ4n) is 2.71. The zero-order valence-corrected chi connectivity index (χ0v) is 13.6. The molecule has 0 spiro atoms. The molecule has 0 aliphatic carbocycles. The second-order valence-electron chi connectivity index (χ2n) is 5.56. The molecule has 21 heavy (non-hydrogen) atoms. The summed E-state index contributed by atoms with van der Waals surface area (Å²) >= 11 is 0. The first-order valence-electron chi connectivity index (χ1n) is 7.62. The SMILES string of the molecule is [CH2]c1cccc(CCCN2CCN(S(=O)(=O)CC)CC2)c1. The summed E-state index contributed by atoms with van der Waals surface area (Å²) in [4.78, 5) is 2.36. The van der Waals surface area contributed by atoms with Crippen LogP contribution in [0.25, 0.3) is 0 Å². The van der Waals surface area contributed by atoms with Crippen LogP contribution >= 0.6 is 0 Å². The van der Waals surface area contributed by atoms with Crippen molar-refractivity contribution in [2.45, 2.75) is 19.8 Å². The van der Waals surface area contributed by atoms with Crippen molar-refractivity contribution in [3.63, 3.8) is 0 Å². The lowest BCUT2D eigenvalue weighted by atomic mass is 10.1. The summed E-state index contributed by atoms with van der Waals surface area (Å²) in [6, 6.07) is 8.33. The van der Waals surface area contributed by atoms with E-state index in [1.165, 1.54) is 5.56 Å². The zero-order valence-electron chi connectivity index (χ0n) is 12.8. The van der Waals surface area contributed by atoms with Crippen LogP contribution in [0.1, 0.15) is 24.5 Å². The average Bonchev–Trinajstić information content (AvgIpc) is 2.48. The third-order valence-corrected chi connectivity index (χ3v) is 5.90. The standard InChI is InChI=1S/C16H25N2O2S/c1-3-21(19,20)18-12-10-17(11-13-18)9-5-8-16-7-4-6-15(2)14-16/h4,6-7,14H,2-3,5,8-13H2,1H3. The number of nitrogens with zero attached hydrogens (tertiary/aromatic N) is 2. The lowest BCUT2D eigenvalue weighted by molar-refractivity contribution is 0.187. The van der Waals surface area contributed by atoms with Gasteiger partial charge in [-0.2, -0.15) is 4.31 Å². The predicted octanol–water partition coefficient (Wildman–Crippen LogP) is 1.77. The Morgan fingerprint density at radius 2 is 1.90 bits per heavy atom. The first-order chi connectivity index (χ1) is 10.0. The van der Waals surface area contributed by atoms with Gasteiger partial charge in [0.15, 0.2) is 0 Å². The van der Waals surface area contributed by atoms with E-state index in [0.717, 1.165) is 38.0 Å². The average molecular weight is 309 g/mol. The van der Waals surface area contributed by atoms with Crippen molar-refractivity contribution in [1.82, 2.24) is 9.21 Å². The van der Waals surface area contributed by atoms with Gasteiger partial charge in [-0.15, -0.1) is 0 Å². The van der Waals surface area contributed by atoms with E-state index in [9.17, 15) is 8.42 Å². The van der Waals surface area contributed by atoms with E-state index < -0.39 is 10.0 Å². The van der Waals surface area contributed by atoms with E-state index in [-0.39, 0.29) is 5.75 Å². The summed E-state index contributed by atoms with van der Waals surface area (Å²) in [5, 5.41) is 0. The molecule has 0 unspecified atom stereocenters. The van der Waals surface area contributed by atoms with E-state index in [1.54, 1.807) is 11.2 Å². The molecular formula is C16H25N2O2S. The minimum absolute atomic E-state index is 0.203. The van der Waals surface area contributed by atoms with Crippen molar-refractivity contribution in [1.29, 1.82) is 0 Å². The Labute approximate surface area is 128 Å². The second-order valence-corrected chi connectivity index (χ2v) is 7.82. The first-order valence-corrected chi connectivity index (χ1v) is 9.23. The van der Waals surface area contributed by atoms with Crippen LogP contribution in [0, 0.1) is 6.92 Å². The van der Waals surface area contributed by atoms with E-state index >= 15 is 0 Å². The summed E-state index contributed by atoms with van der Waals surface area (Å²) in [7, 11) is -3.01. The lowest BCUT2D eigenvalue weighted by Gasteiger charge is -2.33. The predicted molar refractivity (Wildman–Crippen MR) is 86.7 cm³/mol. The Bertz CT molecular complexity index is 549. The molecule has 1 aromatic rings. The molecule has 1 saturated heterocycles. The molecule has 0 N–H and O–H groups in total. The Morgan fingerprint density at radius 1 is 1.19 bits per heavy atom. The molecule has 1 aromatic carbocycles. The summed E-state index contributed by atoms with van der Waals surface area (Å²) in [5.41, 5.74) is 2.39. The minimum atomic E-state index is -3.01. The van der Waals surface area contributed by atoms with Crippen LogP contribution in [0.5, 0.6) is 0 Å². The van der Waals surface area contributed by atoms with Gasteiger partial charge < -0.3 is 4.90 Å². The number of sulfonamides is 1. The van der Waals surface area contributed by atoms with Crippen molar-refractivity contribution in [2.24, 2.45) is 0 Å². The fourth-order valence-corrected chi connectivity index (χ4v) is 3.79. The molecular weight excluding hydrogens is 284 g/mol. The van der Waals surface area contributed by atoms with E-state index in [0.29, 0.717) is 13.1 Å². The fraction of sp³-hybridized carbons (Fsp3) is 0.562. The molecule has 0 amide bonds. The minimum Gasteiger partial charge on any atom is -0.301 e. The molecule has 2 rings (SSSR count). The van der Waals surface area contributed by atoms with Gasteiger partial charge in [0.05, 0.1) is 5.75 Å². The van der Waals surface area contributed by atoms with Gasteiger partial charge in [-0.1, -0.05) is 24.3 Å². The van der Waals surface area contributed by atoms with Crippen molar-refractivity contribution < 1.29 is 8.42 Å². The second kappa shape index (κ2) is 7.38. The van der Waals surface area contributed by atoms with Gasteiger partial charge in [0.2, 0.25) is 10.0 Å². The summed E-state index contributed by atoms with van der Waals surface area (Å²) in [6.45, 7) is 9.62. The summed E-state index contributed by atoms with van der Waals surface area (Å²) in [5.74, 6) is 0.203. The number of aryl methyl sites for hydroxylation is 1. The first kappa shape index (κ1) is 16.5. The molecule has 117 valence electrons. The monoisotopic (exact) mass is 309 g/mol. The summed E-state index contributed by atoms with van der Waals surface area (Å²) < 4.78 is 25.2. The molecule has 1 fully saturated rings. The zero-order chi connectivity index (χ0) is 15.3. The van der Waals surface area contributed by atoms with Crippen LogP contribution in [-0.4, -0.2) is 56.1 Å². The number of rotatable bonds is 6. The molecule has 5 heteroatoms. The number of hydrogen-bond acceptors (Lipinski definition) is 3.